The van der Waals surface area contributed by atoms with Crippen molar-refractivity contribution in [3.05, 3.63) is 84.1 Å². The van der Waals surface area contributed by atoms with Crippen LogP contribution in [0.3, 0.4) is 0 Å². The van der Waals surface area contributed by atoms with Gasteiger partial charge < -0.3 is 14.4 Å². The van der Waals surface area contributed by atoms with Gasteiger partial charge in [0.05, 0.1) is 23.3 Å². The maximum absolute atomic E-state index is 14.3. The van der Waals surface area contributed by atoms with Crippen LogP contribution in [0.15, 0.2) is 72.8 Å². The predicted octanol–water partition coefficient (Wildman–Crippen LogP) is 6.32. The van der Waals surface area contributed by atoms with Crippen LogP contribution >= 0.6 is 11.3 Å². The standard InChI is InChI=1S/C42H51N5O6SSi/c1-28(2)47-34(48)25-42(39(47)50)21-12-22-46(27-42)30-19-23-45(24-20-30)38(49)35-33-18-17-29(43-36(33)54-37(35)44-40(51)52)26-53-55(41(3,4)5,31-13-8-6-9-14-31)32-15-10-7-11-16-32/h6-11,13-18,28,30,44H,12,19-27H2,1-5H3,(H,51,52). The van der Waals surface area contributed by atoms with E-state index in [1.54, 1.807) is 4.90 Å². The molecule has 0 radical (unpaired) electrons. The number of thiophene rings is 1. The molecule has 0 bridgehead atoms. The molecule has 0 saturated carbocycles. The second kappa shape index (κ2) is 15.2. The molecule has 290 valence electrons. The predicted molar refractivity (Wildman–Crippen MR) is 217 cm³/mol. The van der Waals surface area contributed by atoms with E-state index in [1.165, 1.54) is 4.90 Å². The average molecular weight is 782 g/mol. The summed E-state index contributed by atoms with van der Waals surface area (Å²) in [6, 6.07) is 24.6. The lowest BCUT2D eigenvalue weighted by Gasteiger charge is -2.45. The summed E-state index contributed by atoms with van der Waals surface area (Å²) in [6.07, 6.45) is 2.05. The van der Waals surface area contributed by atoms with Gasteiger partial charge in [0.15, 0.2) is 0 Å². The van der Waals surface area contributed by atoms with Crippen LogP contribution in [0.5, 0.6) is 0 Å². The van der Waals surface area contributed by atoms with Crippen molar-refractivity contribution in [3.63, 3.8) is 0 Å². The first kappa shape index (κ1) is 38.8. The van der Waals surface area contributed by atoms with Gasteiger partial charge in [-0.05, 0) is 73.6 Å². The van der Waals surface area contributed by atoms with Crippen molar-refractivity contribution in [2.75, 3.05) is 31.5 Å². The van der Waals surface area contributed by atoms with Crippen molar-refractivity contribution < 1.29 is 28.7 Å². The number of nitrogens with one attached hydrogen (secondary N) is 1. The molecule has 55 heavy (non-hydrogen) atoms. The lowest BCUT2D eigenvalue weighted by atomic mass is 9.77. The highest BCUT2D eigenvalue weighted by Crippen LogP contribution is 2.43. The number of piperidine rings is 2. The summed E-state index contributed by atoms with van der Waals surface area (Å²) in [5, 5.41) is 15.2. The second-order valence-electron chi connectivity index (χ2n) is 16.6. The van der Waals surface area contributed by atoms with Crippen molar-refractivity contribution in [2.45, 2.75) is 90.5 Å². The number of anilines is 1. The molecule has 4 amide bonds. The molecule has 3 aliphatic heterocycles. The number of pyridine rings is 1. The number of benzene rings is 2. The number of aromatic nitrogens is 1. The lowest BCUT2D eigenvalue weighted by Crippen LogP contribution is -2.66. The van der Waals surface area contributed by atoms with E-state index in [4.69, 9.17) is 9.41 Å². The van der Waals surface area contributed by atoms with Gasteiger partial charge in [-0.3, -0.25) is 29.5 Å². The van der Waals surface area contributed by atoms with E-state index in [0.29, 0.717) is 41.1 Å². The van der Waals surface area contributed by atoms with Gasteiger partial charge in [0.25, 0.3) is 14.2 Å². The van der Waals surface area contributed by atoms with Gasteiger partial charge in [-0.2, -0.15) is 0 Å². The molecule has 1 spiro atoms. The SMILES string of the molecule is CC(C)N1C(=O)CC2(CCCN(C3CCN(C(=O)c4c(NC(=O)O)sc5nc(CO[Si](c6ccccc6)(c6ccccc6)C(C)(C)C)ccc45)CC3)C2)C1=O. The molecule has 5 heterocycles. The zero-order valence-electron chi connectivity index (χ0n) is 32.3. The van der Waals surface area contributed by atoms with E-state index < -0.39 is 19.8 Å². The number of nitrogens with zero attached hydrogens (tertiary/aromatic N) is 4. The summed E-state index contributed by atoms with van der Waals surface area (Å²) in [4.78, 5) is 63.6. The number of rotatable bonds is 9. The van der Waals surface area contributed by atoms with Gasteiger partial charge in [0.2, 0.25) is 11.8 Å². The first-order valence-electron chi connectivity index (χ1n) is 19.3. The molecule has 1 atom stereocenters. The molecule has 11 nitrogen and oxygen atoms in total. The van der Waals surface area contributed by atoms with Crippen LogP contribution in [0, 0.1) is 5.41 Å². The van der Waals surface area contributed by atoms with Gasteiger partial charge in [-0.1, -0.05) is 92.8 Å². The van der Waals surface area contributed by atoms with Gasteiger partial charge in [0, 0.05) is 43.5 Å². The fourth-order valence-corrected chi connectivity index (χ4v) is 14.8. The van der Waals surface area contributed by atoms with E-state index in [1.807, 2.05) is 62.4 Å². The summed E-state index contributed by atoms with van der Waals surface area (Å²) < 4.78 is 7.12. The Hall–Kier alpha value is -4.43. The Balaban J connectivity index is 1.10. The largest absolute Gasteiger partial charge is 0.465 e. The van der Waals surface area contributed by atoms with Gasteiger partial charge in [-0.15, -0.1) is 0 Å². The third-order valence-electron chi connectivity index (χ3n) is 11.7. The first-order chi connectivity index (χ1) is 26.2. The van der Waals surface area contributed by atoms with Crippen LogP contribution < -0.4 is 15.7 Å². The Labute approximate surface area is 327 Å². The molecule has 3 saturated heterocycles. The molecule has 4 aromatic rings. The van der Waals surface area contributed by atoms with Crippen LogP contribution in [-0.4, -0.2) is 95.2 Å². The summed E-state index contributed by atoms with van der Waals surface area (Å²) in [7, 11) is -2.83. The molecule has 1 unspecified atom stereocenters. The number of carboxylic acid groups (broad SMARTS) is 1. The van der Waals surface area contributed by atoms with Crippen LogP contribution in [0.4, 0.5) is 9.80 Å². The minimum atomic E-state index is -2.83. The van der Waals surface area contributed by atoms with Crippen LogP contribution in [0.1, 0.15) is 82.8 Å². The number of likely N-dealkylation sites (tertiary alicyclic amines) is 3. The van der Waals surface area contributed by atoms with E-state index in [0.717, 1.165) is 53.9 Å². The summed E-state index contributed by atoms with van der Waals surface area (Å²) in [6.45, 7) is 13.1. The number of hydrogen-bond acceptors (Lipinski definition) is 8. The van der Waals surface area contributed by atoms with E-state index in [2.05, 4.69) is 55.3 Å². The monoisotopic (exact) mass is 781 g/mol. The van der Waals surface area contributed by atoms with Crippen LogP contribution in [-0.2, 0) is 20.6 Å². The summed E-state index contributed by atoms with van der Waals surface area (Å²) in [5.41, 5.74) is 0.353. The molecule has 2 aromatic carbocycles. The zero-order valence-corrected chi connectivity index (χ0v) is 34.2. The Morgan fingerprint density at radius 3 is 2.18 bits per heavy atom. The van der Waals surface area contributed by atoms with Crippen molar-refractivity contribution in [2.24, 2.45) is 5.41 Å². The van der Waals surface area contributed by atoms with E-state index >= 15 is 0 Å². The fraction of sp³-hybridized carbons (Fsp3) is 0.452. The molecule has 2 aromatic heterocycles. The van der Waals surface area contributed by atoms with Crippen LogP contribution in [0.25, 0.3) is 10.2 Å². The summed E-state index contributed by atoms with van der Waals surface area (Å²) in [5.74, 6) is -0.353. The molecule has 13 heteroatoms. The normalized spacial score (nSPS) is 20.3. The third-order valence-corrected chi connectivity index (χ3v) is 17.7. The number of fused-ring (bicyclic) bond motifs is 1. The molecular weight excluding hydrogens is 731 g/mol. The van der Waals surface area contributed by atoms with Crippen LogP contribution in [0.2, 0.25) is 5.04 Å². The number of amides is 4. The highest BCUT2D eigenvalue weighted by Gasteiger charge is 2.54. The first-order valence-corrected chi connectivity index (χ1v) is 22.0. The van der Waals surface area contributed by atoms with Crippen molar-refractivity contribution in [1.82, 2.24) is 19.7 Å². The van der Waals surface area contributed by atoms with Crippen molar-refractivity contribution in [3.8, 4) is 0 Å². The van der Waals surface area contributed by atoms with E-state index in [-0.39, 0.29) is 52.9 Å². The number of imide groups is 1. The Bertz CT molecular complexity index is 2040. The average Bonchev–Trinajstić information content (AvgIpc) is 3.63. The quantitative estimate of drug-likeness (QED) is 0.149. The minimum Gasteiger partial charge on any atom is -0.465 e. The van der Waals surface area contributed by atoms with Gasteiger partial charge >= 0.3 is 6.09 Å². The summed E-state index contributed by atoms with van der Waals surface area (Å²) >= 11 is 1.16. The van der Waals surface area contributed by atoms with Gasteiger partial charge in [0.1, 0.15) is 9.83 Å². The fourth-order valence-electron chi connectivity index (χ4n) is 9.17. The Kier molecular flexibility index (Phi) is 10.8. The highest BCUT2D eigenvalue weighted by atomic mass is 32.1. The second-order valence-corrected chi connectivity index (χ2v) is 21.9. The topological polar surface area (TPSA) is 132 Å². The molecule has 0 aliphatic carbocycles. The smallest absolute Gasteiger partial charge is 0.409 e. The number of hydrogen-bond donors (Lipinski definition) is 2. The van der Waals surface area contributed by atoms with Gasteiger partial charge in [-0.25, -0.2) is 9.78 Å². The molecule has 2 N–H and O–H groups in total. The Morgan fingerprint density at radius 2 is 1.62 bits per heavy atom. The lowest BCUT2D eigenvalue weighted by molar-refractivity contribution is -0.145. The minimum absolute atomic E-state index is 0.0427. The third kappa shape index (κ3) is 7.23. The molecular formula is C42H51N5O6SSi. The Morgan fingerprint density at radius 1 is 0.982 bits per heavy atom. The molecule has 3 aliphatic rings. The molecule has 7 rings (SSSR count). The van der Waals surface area contributed by atoms with E-state index in [9.17, 15) is 24.3 Å². The molecule has 3 fully saturated rings. The number of carbonyl (C=O) groups is 4. The van der Waals surface area contributed by atoms with Crippen molar-refractivity contribution in [1.29, 1.82) is 0 Å². The zero-order chi connectivity index (χ0) is 39.1. The highest BCUT2D eigenvalue weighted by molar-refractivity contribution is 7.23. The maximum atomic E-state index is 14.3. The number of carbonyl (C=O) groups excluding carboxylic acids is 3. The maximum Gasteiger partial charge on any atom is 0.409 e. The van der Waals surface area contributed by atoms with Crippen molar-refractivity contribution >= 4 is 69.1 Å².